The van der Waals surface area contributed by atoms with Gasteiger partial charge in [0.05, 0.1) is 54.5 Å². The lowest BCUT2D eigenvalue weighted by molar-refractivity contribution is -0.862. The number of halogens is 1. The van der Waals surface area contributed by atoms with Gasteiger partial charge in [0.2, 0.25) is 11.8 Å². The molecular weight excluding hydrogens is 887 g/mol. The number of likely N-dealkylation sites (N-methyl/N-ethyl adjacent to an activating group) is 2. The van der Waals surface area contributed by atoms with Gasteiger partial charge >= 0.3 is 11.9 Å². The van der Waals surface area contributed by atoms with Crippen LogP contribution in [0.25, 0.3) is 0 Å². The monoisotopic (exact) mass is 980 g/mol. The smallest absolute Gasteiger partial charge is 0.362 e. The maximum Gasteiger partial charge on any atom is 0.362 e. The number of amides is 2. The lowest BCUT2D eigenvalue weighted by atomic mass is 10.0. The SMILES string of the molecule is CCCCCC(OC(=O)C[N+](C)(C)C)C(O)C/C=C/CCCCCCCC(=O)NCCNC(=O)CCCCCCC/C=C/CC(O)C(CCCCC)OC(=O)C[N+](C)(C)C.[I-]. The molecule has 4 unspecified atom stereocenters. The molecule has 0 rings (SSSR count). The Kier molecular flexibility index (Phi) is 38.4. The highest BCUT2D eigenvalue weighted by molar-refractivity contribution is 5.77. The van der Waals surface area contributed by atoms with E-state index in [9.17, 15) is 29.4 Å². The van der Waals surface area contributed by atoms with Gasteiger partial charge in [0.25, 0.3) is 0 Å². The van der Waals surface area contributed by atoms with Crippen LogP contribution in [0.2, 0.25) is 0 Å². The van der Waals surface area contributed by atoms with Crippen molar-refractivity contribution in [3.63, 3.8) is 0 Å². The minimum atomic E-state index is -0.697. The number of allylic oxidation sites excluding steroid dienone is 2. The quantitative estimate of drug-likeness (QED) is 0.0228. The van der Waals surface area contributed by atoms with Crippen molar-refractivity contribution in [1.82, 2.24) is 10.6 Å². The van der Waals surface area contributed by atoms with E-state index < -0.39 is 24.4 Å². The molecule has 0 saturated carbocycles. The number of ether oxygens (including phenoxy) is 2. The Morgan fingerprint density at radius 3 is 1.20 bits per heavy atom. The molecule has 0 radical (unpaired) electrons. The van der Waals surface area contributed by atoms with Gasteiger partial charge in [-0.1, -0.05) is 102 Å². The van der Waals surface area contributed by atoms with Crippen molar-refractivity contribution in [3.8, 4) is 0 Å². The summed E-state index contributed by atoms with van der Waals surface area (Å²) < 4.78 is 12.4. The number of carbonyl (C=O) groups is 4. The van der Waals surface area contributed by atoms with Crippen LogP contribution in [0.1, 0.15) is 168 Å². The molecule has 0 spiro atoms. The van der Waals surface area contributed by atoms with Crippen molar-refractivity contribution < 1.29 is 71.8 Å². The molecule has 0 aliphatic heterocycles. The average Bonchev–Trinajstić information content (AvgIpc) is 3.15. The molecule has 0 bridgehead atoms. The predicted molar refractivity (Wildman–Crippen MR) is 244 cm³/mol. The first-order valence-electron chi connectivity index (χ1n) is 23.7. The van der Waals surface area contributed by atoms with Crippen molar-refractivity contribution in [3.05, 3.63) is 24.3 Å². The minimum absolute atomic E-state index is 0. The highest BCUT2D eigenvalue weighted by atomic mass is 127. The molecule has 4 N–H and O–H groups in total. The van der Waals surface area contributed by atoms with Gasteiger partial charge < -0.3 is 63.3 Å². The highest BCUT2D eigenvalue weighted by Crippen LogP contribution is 2.17. The third kappa shape index (κ3) is 40.5. The summed E-state index contributed by atoms with van der Waals surface area (Å²) in [5, 5.41) is 27.3. The summed E-state index contributed by atoms with van der Waals surface area (Å²) in [5.41, 5.74) is 0. The molecule has 0 aromatic rings. The van der Waals surface area contributed by atoms with Gasteiger partial charge in [-0.05, 0) is 77.0 Å². The first-order valence-corrected chi connectivity index (χ1v) is 23.7. The van der Waals surface area contributed by atoms with E-state index in [4.69, 9.17) is 9.47 Å². The van der Waals surface area contributed by atoms with Crippen LogP contribution >= 0.6 is 0 Å². The van der Waals surface area contributed by atoms with Gasteiger partial charge in [-0.2, -0.15) is 0 Å². The molecule has 0 heterocycles. The summed E-state index contributed by atoms with van der Waals surface area (Å²) >= 11 is 0. The minimum Gasteiger partial charge on any atom is -1.00 e. The zero-order valence-electron chi connectivity index (χ0n) is 40.0. The molecule has 12 nitrogen and oxygen atoms in total. The Morgan fingerprint density at radius 2 is 0.852 bits per heavy atom. The summed E-state index contributed by atoms with van der Waals surface area (Å²) in [5.74, 6) is -0.486. The second-order valence-electron chi connectivity index (χ2n) is 18.8. The van der Waals surface area contributed by atoms with Crippen LogP contribution in [0.5, 0.6) is 0 Å². The maximum atomic E-state index is 12.4. The van der Waals surface area contributed by atoms with E-state index >= 15 is 0 Å². The average molecular weight is 980 g/mol. The van der Waals surface area contributed by atoms with E-state index in [1.54, 1.807) is 0 Å². The molecule has 0 aliphatic rings. The predicted octanol–water partition coefficient (Wildman–Crippen LogP) is 4.70. The maximum absolute atomic E-state index is 12.4. The zero-order chi connectivity index (χ0) is 45.1. The van der Waals surface area contributed by atoms with Crippen molar-refractivity contribution in [2.24, 2.45) is 0 Å². The van der Waals surface area contributed by atoms with Crippen LogP contribution in [0, 0.1) is 0 Å². The fourth-order valence-corrected chi connectivity index (χ4v) is 6.78. The Labute approximate surface area is 389 Å². The number of aliphatic hydroxyl groups is 2. The van der Waals surface area contributed by atoms with Gasteiger partial charge in [-0.25, -0.2) is 9.59 Å². The fourth-order valence-electron chi connectivity index (χ4n) is 6.78. The van der Waals surface area contributed by atoms with Crippen molar-refractivity contribution >= 4 is 23.8 Å². The van der Waals surface area contributed by atoms with Gasteiger partial charge in [0, 0.05) is 25.9 Å². The van der Waals surface area contributed by atoms with Crippen LogP contribution in [0.3, 0.4) is 0 Å². The number of aliphatic hydroxyl groups excluding tert-OH is 2. The number of quaternary nitrogens is 2. The van der Waals surface area contributed by atoms with Crippen LogP contribution in [0.4, 0.5) is 0 Å². The van der Waals surface area contributed by atoms with Crippen LogP contribution in [-0.2, 0) is 28.7 Å². The third-order valence-electron chi connectivity index (χ3n) is 10.2. The van der Waals surface area contributed by atoms with Crippen LogP contribution < -0.4 is 34.6 Å². The van der Waals surface area contributed by atoms with Crippen LogP contribution in [-0.4, -0.2) is 136 Å². The molecule has 0 aromatic carbocycles. The number of hydrogen-bond donors (Lipinski definition) is 4. The number of nitrogens with one attached hydrogen (secondary N) is 2. The third-order valence-corrected chi connectivity index (χ3v) is 10.2. The zero-order valence-corrected chi connectivity index (χ0v) is 42.2. The molecule has 0 fully saturated rings. The second kappa shape index (κ2) is 38.4. The first kappa shape index (κ1) is 61.0. The van der Waals surface area contributed by atoms with Gasteiger partial charge in [-0.3, -0.25) is 9.59 Å². The van der Waals surface area contributed by atoms with Gasteiger partial charge in [-0.15, -0.1) is 0 Å². The van der Waals surface area contributed by atoms with E-state index in [1.807, 2.05) is 54.4 Å². The molecule has 2 amide bonds. The summed E-state index contributed by atoms with van der Waals surface area (Å²) in [6, 6.07) is 0. The lowest BCUT2D eigenvalue weighted by Crippen LogP contribution is -3.00. The molecule has 61 heavy (non-hydrogen) atoms. The van der Waals surface area contributed by atoms with E-state index in [1.165, 1.54) is 0 Å². The van der Waals surface area contributed by atoms with Crippen molar-refractivity contribution in [1.29, 1.82) is 0 Å². The summed E-state index contributed by atoms with van der Waals surface area (Å²) in [6.45, 7) is 5.70. The Balaban J connectivity index is 0. The Bertz CT molecular complexity index is 1100. The summed E-state index contributed by atoms with van der Waals surface area (Å²) in [7, 11) is 11.7. The summed E-state index contributed by atoms with van der Waals surface area (Å²) in [4.78, 5) is 49.2. The first-order chi connectivity index (χ1) is 28.5. The number of nitrogens with zero attached hydrogens (tertiary/aromatic N) is 2. The molecule has 0 aliphatic carbocycles. The standard InChI is InChI=1S/C48H90N4O8.HI/c1-9-11-25-33-43(59-47(57)39-51(3,4)5)41(53)31-27-21-17-13-15-19-23-29-35-45(55)49-37-38-50-46(56)36-30-24-20-16-14-18-22-28-32-42(54)44(34-26-12-10-2)60-48(58)40-52(6,7)8;/h21-22,27-28,41-44,53-54H,9-20,23-26,29-40H2,1-8H3;1H/p+1/b27-21+,28-22+;. The number of unbranched alkanes of at least 4 members (excludes halogenated alkanes) is 14. The molecular formula is C48H92IN4O8+. The van der Waals surface area contributed by atoms with E-state index in [2.05, 4.69) is 36.6 Å². The van der Waals surface area contributed by atoms with Crippen molar-refractivity contribution in [2.45, 2.75) is 192 Å². The van der Waals surface area contributed by atoms with E-state index in [0.717, 1.165) is 116 Å². The Morgan fingerprint density at radius 1 is 0.508 bits per heavy atom. The fraction of sp³-hybridized carbons (Fsp3) is 0.833. The number of rotatable bonds is 39. The largest absolute Gasteiger partial charge is 1.00 e. The number of hydrogen-bond acceptors (Lipinski definition) is 8. The lowest BCUT2D eigenvalue weighted by Gasteiger charge is -2.26. The molecule has 13 heteroatoms. The number of esters is 2. The highest BCUT2D eigenvalue weighted by Gasteiger charge is 2.26. The normalized spacial score (nSPS) is 14.0. The topological polar surface area (TPSA) is 151 Å². The van der Waals surface area contributed by atoms with E-state index in [-0.39, 0.29) is 60.8 Å². The van der Waals surface area contributed by atoms with Gasteiger partial charge in [0.15, 0.2) is 13.1 Å². The van der Waals surface area contributed by atoms with Crippen LogP contribution in [0.15, 0.2) is 24.3 Å². The molecule has 0 aromatic heterocycles. The van der Waals surface area contributed by atoms with Gasteiger partial charge in [0.1, 0.15) is 12.2 Å². The Hall–Kier alpha value is -2.07. The molecule has 358 valence electrons. The second-order valence-corrected chi connectivity index (χ2v) is 18.8. The number of carbonyl (C=O) groups excluding carboxylic acids is 4. The molecule has 0 saturated heterocycles. The van der Waals surface area contributed by atoms with Crippen molar-refractivity contribution in [2.75, 3.05) is 68.5 Å². The van der Waals surface area contributed by atoms with E-state index in [0.29, 0.717) is 60.6 Å². The molecule has 4 atom stereocenters. The summed E-state index contributed by atoms with van der Waals surface area (Å²) in [6.07, 6.45) is 27.3.